The van der Waals surface area contributed by atoms with Gasteiger partial charge in [-0.3, -0.25) is 14.5 Å². The van der Waals surface area contributed by atoms with Gasteiger partial charge >= 0.3 is 0 Å². The predicted octanol–water partition coefficient (Wildman–Crippen LogP) is 0.618. The van der Waals surface area contributed by atoms with E-state index in [4.69, 9.17) is 0 Å². The molecule has 0 N–H and O–H groups in total. The van der Waals surface area contributed by atoms with Gasteiger partial charge in [0.05, 0.1) is 12.2 Å². The summed E-state index contributed by atoms with van der Waals surface area (Å²) >= 11 is 0. The van der Waals surface area contributed by atoms with Crippen molar-refractivity contribution < 1.29 is 9.59 Å². The van der Waals surface area contributed by atoms with Crippen LogP contribution < -0.4 is 4.90 Å². The molecule has 0 bridgehead atoms. The average Bonchev–Trinajstić information content (AvgIpc) is 3.22. The Morgan fingerprint density at radius 1 is 1.07 bits per heavy atom. The Balaban J connectivity index is 1.35. The summed E-state index contributed by atoms with van der Waals surface area (Å²) in [5.74, 6) is 0.218. The van der Waals surface area contributed by atoms with Gasteiger partial charge in [0, 0.05) is 44.6 Å². The molecule has 0 saturated carbocycles. The van der Waals surface area contributed by atoms with Gasteiger partial charge in [0.1, 0.15) is 6.54 Å². The van der Waals surface area contributed by atoms with Gasteiger partial charge in [-0.05, 0) is 25.0 Å². The molecule has 2 aliphatic rings. The number of piperidine rings is 1. The lowest BCUT2D eigenvalue weighted by atomic mass is 10.0. The van der Waals surface area contributed by atoms with Crippen LogP contribution in [0.25, 0.3) is 0 Å². The third-order valence-electron chi connectivity index (χ3n) is 5.36. The normalized spacial score (nSPS) is 21.5. The molecule has 27 heavy (non-hydrogen) atoms. The summed E-state index contributed by atoms with van der Waals surface area (Å²) in [4.78, 5) is 31.4. The van der Waals surface area contributed by atoms with Crippen LogP contribution in [0.5, 0.6) is 0 Å². The van der Waals surface area contributed by atoms with Crippen molar-refractivity contribution in [2.24, 2.45) is 0 Å². The standard InChI is InChI=1S/C19H24N6O2/c26-18(15-24-10-8-20-21-24)23-13-11-22(12-14-23)17-7-4-9-25(19(17)27)16-5-2-1-3-6-16/h1-3,5-6,8,10,17H,4,7,9,11-15H2/t17-/m1/s1. The van der Waals surface area contributed by atoms with Crippen molar-refractivity contribution in [1.29, 1.82) is 0 Å². The highest BCUT2D eigenvalue weighted by atomic mass is 16.2. The van der Waals surface area contributed by atoms with E-state index in [-0.39, 0.29) is 24.4 Å². The van der Waals surface area contributed by atoms with Crippen molar-refractivity contribution in [3.63, 3.8) is 0 Å². The van der Waals surface area contributed by atoms with Crippen LogP contribution >= 0.6 is 0 Å². The van der Waals surface area contributed by atoms with Gasteiger partial charge < -0.3 is 9.80 Å². The lowest BCUT2D eigenvalue weighted by molar-refractivity contribution is -0.135. The van der Waals surface area contributed by atoms with Crippen molar-refractivity contribution in [1.82, 2.24) is 24.8 Å². The van der Waals surface area contributed by atoms with Gasteiger partial charge in [-0.15, -0.1) is 5.10 Å². The fraction of sp³-hybridized carbons (Fsp3) is 0.474. The molecular formula is C19H24N6O2. The maximum atomic E-state index is 13.0. The molecule has 2 aromatic rings. The largest absolute Gasteiger partial charge is 0.339 e. The number of amides is 2. The second-order valence-corrected chi connectivity index (χ2v) is 7.00. The Morgan fingerprint density at radius 2 is 1.85 bits per heavy atom. The Kier molecular flexibility index (Phi) is 5.15. The highest BCUT2D eigenvalue weighted by Gasteiger charge is 2.35. The van der Waals surface area contributed by atoms with Gasteiger partial charge in [0.15, 0.2) is 0 Å². The molecule has 2 saturated heterocycles. The quantitative estimate of drug-likeness (QED) is 0.791. The summed E-state index contributed by atoms with van der Waals surface area (Å²) in [5.41, 5.74) is 0.967. The van der Waals surface area contributed by atoms with E-state index in [2.05, 4.69) is 15.2 Å². The number of rotatable bonds is 4. The summed E-state index contributed by atoms with van der Waals surface area (Å²) < 4.78 is 1.54. The van der Waals surface area contributed by atoms with Crippen molar-refractivity contribution in [2.75, 3.05) is 37.6 Å². The molecule has 2 amide bonds. The van der Waals surface area contributed by atoms with E-state index in [0.29, 0.717) is 13.1 Å². The molecule has 2 aliphatic heterocycles. The molecule has 8 nitrogen and oxygen atoms in total. The third-order valence-corrected chi connectivity index (χ3v) is 5.36. The first-order valence-electron chi connectivity index (χ1n) is 9.45. The summed E-state index contributed by atoms with van der Waals surface area (Å²) in [6, 6.07) is 9.77. The van der Waals surface area contributed by atoms with Crippen LogP contribution in [0, 0.1) is 0 Å². The number of piperazine rings is 1. The van der Waals surface area contributed by atoms with Crippen LogP contribution in [0.2, 0.25) is 0 Å². The maximum absolute atomic E-state index is 13.0. The molecule has 1 aromatic carbocycles. The fourth-order valence-electron chi connectivity index (χ4n) is 3.90. The Bertz CT molecular complexity index is 771. The van der Waals surface area contributed by atoms with Gasteiger partial charge in [0.2, 0.25) is 11.8 Å². The van der Waals surface area contributed by atoms with E-state index in [0.717, 1.165) is 38.2 Å². The van der Waals surface area contributed by atoms with Crippen molar-refractivity contribution in [3.8, 4) is 0 Å². The molecule has 0 aliphatic carbocycles. The third kappa shape index (κ3) is 3.85. The zero-order chi connectivity index (χ0) is 18.6. The zero-order valence-electron chi connectivity index (χ0n) is 15.3. The molecule has 1 aromatic heterocycles. The minimum Gasteiger partial charge on any atom is -0.339 e. The highest BCUT2D eigenvalue weighted by Crippen LogP contribution is 2.24. The Morgan fingerprint density at radius 3 is 2.56 bits per heavy atom. The number of aromatic nitrogens is 3. The molecular weight excluding hydrogens is 344 g/mol. The average molecular weight is 368 g/mol. The lowest BCUT2D eigenvalue weighted by Crippen LogP contribution is -2.58. The first-order valence-corrected chi connectivity index (χ1v) is 9.45. The first kappa shape index (κ1) is 17.7. The molecule has 142 valence electrons. The summed E-state index contributed by atoms with van der Waals surface area (Å²) in [7, 11) is 0. The van der Waals surface area contributed by atoms with E-state index in [1.54, 1.807) is 12.4 Å². The Hall–Kier alpha value is -2.74. The molecule has 0 unspecified atom stereocenters. The minimum atomic E-state index is -0.0912. The molecule has 2 fully saturated rings. The molecule has 3 heterocycles. The van der Waals surface area contributed by atoms with Crippen LogP contribution in [0.4, 0.5) is 5.69 Å². The number of para-hydroxylation sites is 1. The van der Waals surface area contributed by atoms with Crippen LogP contribution in [0.15, 0.2) is 42.7 Å². The number of nitrogens with zero attached hydrogens (tertiary/aromatic N) is 6. The summed E-state index contributed by atoms with van der Waals surface area (Å²) in [6.45, 7) is 3.72. The number of benzene rings is 1. The van der Waals surface area contributed by atoms with Crippen molar-refractivity contribution >= 4 is 17.5 Å². The smallest absolute Gasteiger partial charge is 0.244 e. The molecule has 4 rings (SSSR count). The van der Waals surface area contributed by atoms with E-state index in [1.807, 2.05) is 40.1 Å². The Labute approximate surface area is 158 Å². The van der Waals surface area contributed by atoms with Crippen LogP contribution in [0.1, 0.15) is 12.8 Å². The SMILES string of the molecule is O=C(Cn1ccnn1)N1CCN([C@@H]2CCCN(c3ccccc3)C2=O)CC1. The molecule has 8 heteroatoms. The number of carbonyl (C=O) groups is 2. The van der Waals surface area contributed by atoms with Crippen molar-refractivity contribution in [2.45, 2.75) is 25.4 Å². The van der Waals surface area contributed by atoms with E-state index in [1.165, 1.54) is 4.68 Å². The van der Waals surface area contributed by atoms with Crippen LogP contribution in [0.3, 0.4) is 0 Å². The van der Waals surface area contributed by atoms with Gasteiger partial charge in [-0.25, -0.2) is 4.68 Å². The molecule has 1 atom stereocenters. The number of hydrogen-bond acceptors (Lipinski definition) is 5. The number of hydrogen-bond donors (Lipinski definition) is 0. The number of carbonyl (C=O) groups excluding carboxylic acids is 2. The van der Waals surface area contributed by atoms with Gasteiger partial charge in [-0.1, -0.05) is 23.4 Å². The molecule has 0 spiro atoms. The summed E-state index contributed by atoms with van der Waals surface area (Å²) in [6.07, 6.45) is 5.14. The highest BCUT2D eigenvalue weighted by molar-refractivity contribution is 5.97. The first-order chi connectivity index (χ1) is 13.2. The monoisotopic (exact) mass is 368 g/mol. The van der Waals surface area contributed by atoms with Crippen molar-refractivity contribution in [3.05, 3.63) is 42.7 Å². The number of anilines is 1. The van der Waals surface area contributed by atoms with Crippen LogP contribution in [-0.2, 0) is 16.1 Å². The van der Waals surface area contributed by atoms with E-state index < -0.39 is 0 Å². The zero-order valence-corrected chi connectivity index (χ0v) is 15.3. The second-order valence-electron chi connectivity index (χ2n) is 7.00. The summed E-state index contributed by atoms with van der Waals surface area (Å²) in [5, 5.41) is 7.57. The second kappa shape index (κ2) is 7.87. The topological polar surface area (TPSA) is 74.6 Å². The predicted molar refractivity (Wildman–Crippen MR) is 100.0 cm³/mol. The lowest BCUT2D eigenvalue weighted by Gasteiger charge is -2.42. The van der Waals surface area contributed by atoms with Gasteiger partial charge in [-0.2, -0.15) is 0 Å². The van der Waals surface area contributed by atoms with Crippen LogP contribution in [-0.4, -0.2) is 75.4 Å². The molecule has 0 radical (unpaired) electrons. The fourth-order valence-corrected chi connectivity index (χ4v) is 3.90. The maximum Gasteiger partial charge on any atom is 0.244 e. The van der Waals surface area contributed by atoms with E-state index >= 15 is 0 Å². The minimum absolute atomic E-state index is 0.0426. The van der Waals surface area contributed by atoms with Gasteiger partial charge in [0.25, 0.3) is 0 Å². The van der Waals surface area contributed by atoms with E-state index in [9.17, 15) is 9.59 Å².